The minimum absolute atomic E-state index is 0.747. The molecule has 116 valence electrons. The van der Waals surface area contributed by atoms with Gasteiger partial charge in [-0.1, -0.05) is 0 Å². The van der Waals surface area contributed by atoms with E-state index < -0.39 is 10.4 Å². The van der Waals surface area contributed by atoms with Crippen LogP contribution in [0.1, 0.15) is 12.5 Å². The van der Waals surface area contributed by atoms with Gasteiger partial charge in [0.25, 0.3) is 0 Å². The second-order valence-electron chi connectivity index (χ2n) is 4.06. The number of ether oxygens (including phenoxy) is 1. The maximum Gasteiger partial charge on any atom is 0.394 e. The van der Waals surface area contributed by atoms with E-state index in [1.54, 1.807) is 7.11 Å². The van der Waals surface area contributed by atoms with Gasteiger partial charge in [0, 0.05) is 31.6 Å². The minimum Gasteiger partial charge on any atom is -0.399 e. The summed E-state index contributed by atoms with van der Waals surface area (Å²) in [5.74, 6) is 0. The van der Waals surface area contributed by atoms with Crippen molar-refractivity contribution in [3.8, 4) is 0 Å². The average molecular weight is 306 g/mol. The molecule has 7 nitrogen and oxygen atoms in total. The molecule has 0 aromatic heterocycles. The number of hydrogen-bond donors (Lipinski definition) is 3. The molecule has 0 aliphatic heterocycles. The number of nitrogen functional groups attached to an aromatic ring is 1. The van der Waals surface area contributed by atoms with E-state index in [9.17, 15) is 0 Å². The number of methoxy groups -OCH3 is 1. The maximum atomic E-state index is 8.74. The molecule has 0 unspecified atom stereocenters. The van der Waals surface area contributed by atoms with Gasteiger partial charge in [-0.15, -0.1) is 0 Å². The van der Waals surface area contributed by atoms with E-state index in [-0.39, 0.29) is 0 Å². The van der Waals surface area contributed by atoms with Crippen molar-refractivity contribution >= 4 is 21.8 Å². The lowest BCUT2D eigenvalue weighted by Crippen LogP contribution is -2.26. The van der Waals surface area contributed by atoms with Crippen LogP contribution in [0.2, 0.25) is 0 Å². The number of benzene rings is 1. The first-order valence-corrected chi connectivity index (χ1v) is 7.38. The Balaban J connectivity index is 0.000000621. The van der Waals surface area contributed by atoms with Gasteiger partial charge in [-0.2, -0.15) is 8.42 Å². The highest BCUT2D eigenvalue weighted by molar-refractivity contribution is 7.79. The number of nitrogens with two attached hydrogens (primary N) is 1. The Kier molecular flexibility index (Phi) is 8.16. The zero-order valence-electron chi connectivity index (χ0n) is 11.9. The van der Waals surface area contributed by atoms with Crippen molar-refractivity contribution in [1.29, 1.82) is 0 Å². The van der Waals surface area contributed by atoms with Crippen molar-refractivity contribution in [3.05, 3.63) is 23.8 Å². The molecular weight excluding hydrogens is 284 g/mol. The molecule has 0 fully saturated rings. The standard InChI is InChI=1S/C12H20N2O.H2O4S/c1-4-14(7-8-15-3)11-5-6-12(13)10(2)9-11;1-5(2,3)4/h5-6,9H,4,7-8,13H2,1-3H3;(H2,1,2,3,4). The highest BCUT2D eigenvalue weighted by atomic mass is 32.3. The molecule has 20 heavy (non-hydrogen) atoms. The first-order chi connectivity index (χ1) is 9.19. The van der Waals surface area contributed by atoms with Crippen molar-refractivity contribution in [2.45, 2.75) is 13.8 Å². The largest absolute Gasteiger partial charge is 0.399 e. The third-order valence-electron chi connectivity index (χ3n) is 2.57. The van der Waals surface area contributed by atoms with E-state index >= 15 is 0 Å². The Bertz CT molecular complexity index is 497. The number of anilines is 2. The van der Waals surface area contributed by atoms with Gasteiger partial charge >= 0.3 is 10.4 Å². The number of nitrogens with zero attached hydrogens (tertiary/aromatic N) is 1. The topological polar surface area (TPSA) is 113 Å². The molecule has 8 heteroatoms. The van der Waals surface area contributed by atoms with Crippen molar-refractivity contribution in [1.82, 2.24) is 0 Å². The van der Waals surface area contributed by atoms with Crippen LogP contribution >= 0.6 is 0 Å². The normalized spacial score (nSPS) is 10.7. The van der Waals surface area contributed by atoms with Crippen LogP contribution in [-0.4, -0.2) is 44.3 Å². The van der Waals surface area contributed by atoms with Crippen molar-refractivity contribution in [2.24, 2.45) is 0 Å². The molecule has 0 amide bonds. The van der Waals surface area contributed by atoms with Crippen LogP contribution in [-0.2, 0) is 15.1 Å². The van der Waals surface area contributed by atoms with Gasteiger partial charge in [0.1, 0.15) is 0 Å². The van der Waals surface area contributed by atoms with E-state index in [0.29, 0.717) is 0 Å². The first kappa shape index (κ1) is 18.7. The van der Waals surface area contributed by atoms with Gasteiger partial charge in [0.15, 0.2) is 0 Å². The molecule has 0 aliphatic carbocycles. The second kappa shape index (κ2) is 8.75. The van der Waals surface area contributed by atoms with E-state index in [1.165, 1.54) is 5.69 Å². The zero-order valence-corrected chi connectivity index (χ0v) is 12.7. The van der Waals surface area contributed by atoms with Gasteiger partial charge in [-0.3, -0.25) is 9.11 Å². The zero-order chi connectivity index (χ0) is 15.8. The summed E-state index contributed by atoms with van der Waals surface area (Å²) in [5, 5.41) is 0. The van der Waals surface area contributed by atoms with E-state index in [0.717, 1.165) is 30.9 Å². The van der Waals surface area contributed by atoms with Crippen LogP contribution < -0.4 is 10.6 Å². The molecule has 0 radical (unpaired) electrons. The number of rotatable bonds is 5. The van der Waals surface area contributed by atoms with Crippen LogP contribution in [0, 0.1) is 6.92 Å². The Labute approximate surface area is 119 Å². The van der Waals surface area contributed by atoms with Crippen LogP contribution in [0.15, 0.2) is 18.2 Å². The number of hydrogen-bond acceptors (Lipinski definition) is 5. The number of likely N-dealkylation sites (N-methyl/N-ethyl adjacent to an activating group) is 1. The molecule has 0 atom stereocenters. The van der Waals surface area contributed by atoms with Crippen LogP contribution in [0.4, 0.5) is 11.4 Å². The van der Waals surface area contributed by atoms with Gasteiger partial charge in [-0.05, 0) is 37.6 Å². The fourth-order valence-corrected chi connectivity index (χ4v) is 1.53. The summed E-state index contributed by atoms with van der Waals surface area (Å²) >= 11 is 0. The summed E-state index contributed by atoms with van der Waals surface area (Å²) in [4.78, 5) is 2.27. The summed E-state index contributed by atoms with van der Waals surface area (Å²) < 4.78 is 36.7. The van der Waals surface area contributed by atoms with Gasteiger partial charge in [-0.25, -0.2) is 0 Å². The monoisotopic (exact) mass is 306 g/mol. The molecule has 1 aromatic carbocycles. The molecule has 0 spiro atoms. The predicted octanol–water partition coefficient (Wildman–Crippen LogP) is 1.40. The Hall–Kier alpha value is -1.35. The number of aryl methyl sites for hydroxylation is 1. The molecule has 0 saturated carbocycles. The van der Waals surface area contributed by atoms with Crippen LogP contribution in [0.25, 0.3) is 0 Å². The molecule has 0 bridgehead atoms. The molecule has 0 saturated heterocycles. The van der Waals surface area contributed by atoms with Gasteiger partial charge in [0.2, 0.25) is 0 Å². The van der Waals surface area contributed by atoms with Crippen LogP contribution in [0.5, 0.6) is 0 Å². The fourth-order valence-electron chi connectivity index (χ4n) is 1.53. The minimum atomic E-state index is -4.67. The summed E-state index contributed by atoms with van der Waals surface area (Å²) in [6, 6.07) is 6.14. The van der Waals surface area contributed by atoms with Crippen molar-refractivity contribution < 1.29 is 22.3 Å². The lowest BCUT2D eigenvalue weighted by Gasteiger charge is -2.23. The molecule has 4 N–H and O–H groups in total. The smallest absolute Gasteiger partial charge is 0.394 e. The molecule has 1 rings (SSSR count). The lowest BCUT2D eigenvalue weighted by molar-refractivity contribution is 0.205. The van der Waals surface area contributed by atoms with E-state index in [1.807, 2.05) is 13.0 Å². The SMILES string of the molecule is CCN(CCOC)c1ccc(N)c(C)c1.O=S(=O)(O)O. The average Bonchev–Trinajstić information content (AvgIpc) is 2.32. The van der Waals surface area contributed by atoms with E-state index in [2.05, 4.69) is 24.0 Å². The third kappa shape index (κ3) is 8.70. The molecule has 0 aliphatic rings. The van der Waals surface area contributed by atoms with E-state index in [4.69, 9.17) is 28.0 Å². The third-order valence-corrected chi connectivity index (χ3v) is 2.57. The summed E-state index contributed by atoms with van der Waals surface area (Å²) in [7, 11) is -2.94. The summed E-state index contributed by atoms with van der Waals surface area (Å²) in [6.07, 6.45) is 0. The second-order valence-corrected chi connectivity index (χ2v) is 4.96. The predicted molar refractivity (Wildman–Crippen MR) is 79.5 cm³/mol. The van der Waals surface area contributed by atoms with Gasteiger partial charge < -0.3 is 15.4 Å². The highest BCUT2D eigenvalue weighted by Crippen LogP contribution is 2.20. The summed E-state index contributed by atoms with van der Waals surface area (Å²) in [6.45, 7) is 6.81. The first-order valence-electron chi connectivity index (χ1n) is 5.99. The molecule has 0 heterocycles. The maximum absolute atomic E-state index is 8.74. The lowest BCUT2D eigenvalue weighted by atomic mass is 10.1. The quantitative estimate of drug-likeness (QED) is 0.556. The van der Waals surface area contributed by atoms with Gasteiger partial charge in [0.05, 0.1) is 6.61 Å². The fraction of sp³-hybridized carbons (Fsp3) is 0.500. The Morgan fingerprint density at radius 1 is 1.35 bits per heavy atom. The van der Waals surface area contributed by atoms with Crippen LogP contribution in [0.3, 0.4) is 0 Å². The highest BCUT2D eigenvalue weighted by Gasteiger charge is 2.04. The Morgan fingerprint density at radius 3 is 2.30 bits per heavy atom. The molecule has 1 aromatic rings. The van der Waals surface area contributed by atoms with Crippen molar-refractivity contribution in [2.75, 3.05) is 37.4 Å². The molecular formula is C12H22N2O5S. The Morgan fingerprint density at radius 2 is 1.90 bits per heavy atom. The summed E-state index contributed by atoms with van der Waals surface area (Å²) in [5.41, 5.74) is 8.97. The van der Waals surface area contributed by atoms with Crippen molar-refractivity contribution in [3.63, 3.8) is 0 Å².